The summed E-state index contributed by atoms with van der Waals surface area (Å²) in [5.41, 5.74) is 1.91. The van der Waals surface area contributed by atoms with Crippen LogP contribution in [0.5, 0.6) is 0 Å². The number of aromatic nitrogens is 3. The predicted octanol–water partition coefficient (Wildman–Crippen LogP) is 1.23. The molecule has 3 N–H and O–H groups in total. The SMILES string of the molecule is Cn1ncc2c(NCc3ccc(S(N)(=O)=O)cc3)nccc21. The summed E-state index contributed by atoms with van der Waals surface area (Å²) in [5.74, 6) is 0.737. The smallest absolute Gasteiger partial charge is 0.238 e. The molecule has 0 aliphatic heterocycles. The van der Waals surface area contributed by atoms with E-state index < -0.39 is 10.0 Å². The Morgan fingerprint density at radius 2 is 1.95 bits per heavy atom. The number of nitrogens with two attached hydrogens (primary N) is 1. The summed E-state index contributed by atoms with van der Waals surface area (Å²) in [6, 6.07) is 8.32. The molecule has 0 aliphatic carbocycles. The third kappa shape index (κ3) is 2.78. The Morgan fingerprint density at radius 3 is 2.64 bits per heavy atom. The highest BCUT2D eigenvalue weighted by Gasteiger charge is 2.08. The molecule has 0 radical (unpaired) electrons. The molecule has 8 heteroatoms. The molecule has 2 aromatic heterocycles. The van der Waals surface area contributed by atoms with Crippen molar-refractivity contribution in [2.45, 2.75) is 11.4 Å². The lowest BCUT2D eigenvalue weighted by Gasteiger charge is -2.07. The molecule has 0 amide bonds. The van der Waals surface area contributed by atoms with Crippen LogP contribution in [0.4, 0.5) is 5.82 Å². The Labute approximate surface area is 127 Å². The number of nitrogens with zero attached hydrogens (tertiary/aromatic N) is 3. The fraction of sp³-hybridized carbons (Fsp3) is 0.143. The summed E-state index contributed by atoms with van der Waals surface area (Å²) in [5, 5.41) is 13.4. The van der Waals surface area contributed by atoms with Crippen molar-refractivity contribution in [3.8, 4) is 0 Å². The van der Waals surface area contributed by atoms with Crippen LogP contribution in [0, 0.1) is 0 Å². The molecule has 2 heterocycles. The number of hydrogen-bond acceptors (Lipinski definition) is 5. The zero-order valence-corrected chi connectivity index (χ0v) is 12.7. The molecule has 0 bridgehead atoms. The van der Waals surface area contributed by atoms with Crippen molar-refractivity contribution in [1.82, 2.24) is 14.8 Å². The number of nitrogens with one attached hydrogen (secondary N) is 1. The fourth-order valence-corrected chi connectivity index (χ4v) is 2.72. The van der Waals surface area contributed by atoms with Crippen molar-refractivity contribution in [2.75, 3.05) is 5.32 Å². The number of primary sulfonamides is 1. The summed E-state index contributed by atoms with van der Waals surface area (Å²) in [6.45, 7) is 0.520. The number of benzene rings is 1. The number of hydrogen-bond donors (Lipinski definition) is 2. The lowest BCUT2D eigenvalue weighted by molar-refractivity contribution is 0.598. The minimum atomic E-state index is -3.66. The number of rotatable bonds is 4. The molecule has 22 heavy (non-hydrogen) atoms. The van der Waals surface area contributed by atoms with Gasteiger partial charge in [0.1, 0.15) is 5.82 Å². The van der Waals surface area contributed by atoms with Crippen molar-refractivity contribution in [1.29, 1.82) is 0 Å². The van der Waals surface area contributed by atoms with Gasteiger partial charge in [-0.25, -0.2) is 18.5 Å². The van der Waals surface area contributed by atoms with E-state index in [4.69, 9.17) is 5.14 Å². The maximum Gasteiger partial charge on any atom is 0.238 e. The molecule has 0 spiro atoms. The average Bonchev–Trinajstić information content (AvgIpc) is 2.87. The van der Waals surface area contributed by atoms with Crippen molar-refractivity contribution in [3.63, 3.8) is 0 Å². The molecule has 0 atom stereocenters. The molecule has 0 fully saturated rings. The second kappa shape index (κ2) is 5.39. The third-order valence-electron chi connectivity index (χ3n) is 3.39. The minimum absolute atomic E-state index is 0.101. The first-order valence-electron chi connectivity index (χ1n) is 6.57. The first-order valence-corrected chi connectivity index (χ1v) is 8.12. The van der Waals surface area contributed by atoms with E-state index in [9.17, 15) is 8.42 Å². The quantitative estimate of drug-likeness (QED) is 0.753. The van der Waals surface area contributed by atoms with Gasteiger partial charge in [-0.3, -0.25) is 4.68 Å². The Morgan fingerprint density at radius 1 is 1.23 bits per heavy atom. The molecule has 1 aromatic carbocycles. The summed E-state index contributed by atoms with van der Waals surface area (Å²) >= 11 is 0. The summed E-state index contributed by atoms with van der Waals surface area (Å²) < 4.78 is 24.2. The Hall–Kier alpha value is -2.45. The van der Waals surface area contributed by atoms with Crippen molar-refractivity contribution < 1.29 is 8.42 Å². The highest BCUT2D eigenvalue weighted by Crippen LogP contribution is 2.20. The van der Waals surface area contributed by atoms with Gasteiger partial charge < -0.3 is 5.32 Å². The first kappa shape index (κ1) is 14.5. The van der Waals surface area contributed by atoms with Crippen LogP contribution in [0.3, 0.4) is 0 Å². The fourth-order valence-electron chi connectivity index (χ4n) is 2.20. The van der Waals surface area contributed by atoms with Gasteiger partial charge >= 0.3 is 0 Å². The standard InChI is InChI=1S/C14H15N5O2S/c1-19-13-6-7-16-14(12(13)9-18-19)17-8-10-2-4-11(5-3-10)22(15,20)21/h2-7,9H,8H2,1H3,(H,16,17)(H2,15,20,21). The molecular weight excluding hydrogens is 302 g/mol. The van der Waals surface area contributed by atoms with Crippen LogP contribution in [0.15, 0.2) is 47.6 Å². The third-order valence-corrected chi connectivity index (χ3v) is 4.32. The maximum atomic E-state index is 11.2. The molecule has 0 unspecified atom stereocenters. The largest absolute Gasteiger partial charge is 0.365 e. The van der Waals surface area contributed by atoms with Crippen LogP contribution in [0.25, 0.3) is 10.9 Å². The highest BCUT2D eigenvalue weighted by molar-refractivity contribution is 7.89. The second-order valence-corrected chi connectivity index (χ2v) is 6.46. The van der Waals surface area contributed by atoms with E-state index in [1.54, 1.807) is 29.2 Å². The van der Waals surface area contributed by atoms with E-state index in [0.29, 0.717) is 6.54 Å². The van der Waals surface area contributed by atoms with Gasteiger partial charge in [0, 0.05) is 19.8 Å². The van der Waals surface area contributed by atoms with Gasteiger partial charge in [0.05, 0.1) is 22.0 Å². The van der Waals surface area contributed by atoms with Crippen molar-refractivity contribution in [2.24, 2.45) is 12.2 Å². The van der Waals surface area contributed by atoms with E-state index >= 15 is 0 Å². The highest BCUT2D eigenvalue weighted by atomic mass is 32.2. The van der Waals surface area contributed by atoms with Crippen LogP contribution in [0.1, 0.15) is 5.56 Å². The molecule has 0 saturated heterocycles. The van der Waals surface area contributed by atoms with Gasteiger partial charge in [0.25, 0.3) is 0 Å². The minimum Gasteiger partial charge on any atom is -0.365 e. The zero-order valence-electron chi connectivity index (χ0n) is 11.9. The number of sulfonamides is 1. The zero-order chi connectivity index (χ0) is 15.7. The molecule has 3 aromatic rings. The molecule has 7 nitrogen and oxygen atoms in total. The molecule has 3 rings (SSSR count). The van der Waals surface area contributed by atoms with Crippen molar-refractivity contribution in [3.05, 3.63) is 48.3 Å². The van der Waals surface area contributed by atoms with Crippen molar-refractivity contribution >= 4 is 26.7 Å². The normalized spacial score (nSPS) is 11.7. The van der Waals surface area contributed by atoms with E-state index in [0.717, 1.165) is 22.3 Å². The van der Waals surface area contributed by atoms with E-state index in [-0.39, 0.29) is 4.90 Å². The summed E-state index contributed by atoms with van der Waals surface area (Å²) in [6.07, 6.45) is 3.48. The summed E-state index contributed by atoms with van der Waals surface area (Å²) in [4.78, 5) is 4.41. The Balaban J connectivity index is 1.79. The van der Waals surface area contributed by atoms with Crippen LogP contribution in [0.2, 0.25) is 0 Å². The summed E-state index contributed by atoms with van der Waals surface area (Å²) in [7, 11) is -1.78. The van der Waals surface area contributed by atoms with Gasteiger partial charge in [0.2, 0.25) is 10.0 Å². The number of fused-ring (bicyclic) bond motifs is 1. The van der Waals surface area contributed by atoms with Gasteiger partial charge in [-0.2, -0.15) is 5.10 Å². The lowest BCUT2D eigenvalue weighted by atomic mass is 10.2. The van der Waals surface area contributed by atoms with Gasteiger partial charge in [-0.15, -0.1) is 0 Å². The Kier molecular flexibility index (Phi) is 3.55. The van der Waals surface area contributed by atoms with E-state index in [1.807, 2.05) is 13.1 Å². The van der Waals surface area contributed by atoms with E-state index in [2.05, 4.69) is 15.4 Å². The number of anilines is 1. The average molecular weight is 317 g/mol. The molecular formula is C14H15N5O2S. The van der Waals surface area contributed by atoms with Crippen LogP contribution in [-0.4, -0.2) is 23.2 Å². The number of pyridine rings is 1. The number of aryl methyl sites for hydroxylation is 1. The van der Waals surface area contributed by atoms with Crippen LogP contribution >= 0.6 is 0 Å². The molecule has 0 saturated carbocycles. The van der Waals surface area contributed by atoms with Crippen LogP contribution in [-0.2, 0) is 23.6 Å². The van der Waals surface area contributed by atoms with Gasteiger partial charge in [-0.05, 0) is 23.8 Å². The predicted molar refractivity (Wildman–Crippen MR) is 83.7 cm³/mol. The Bertz CT molecular complexity index is 916. The first-order chi connectivity index (χ1) is 10.4. The monoisotopic (exact) mass is 317 g/mol. The molecule has 114 valence electrons. The van der Waals surface area contributed by atoms with Gasteiger partial charge in [0.15, 0.2) is 0 Å². The van der Waals surface area contributed by atoms with Gasteiger partial charge in [-0.1, -0.05) is 12.1 Å². The maximum absolute atomic E-state index is 11.2. The van der Waals surface area contributed by atoms with E-state index in [1.165, 1.54) is 12.1 Å². The topological polar surface area (TPSA) is 103 Å². The second-order valence-electron chi connectivity index (χ2n) is 4.90. The van der Waals surface area contributed by atoms with Crippen LogP contribution < -0.4 is 10.5 Å². The molecule has 0 aliphatic rings. The lowest BCUT2D eigenvalue weighted by Crippen LogP contribution is -2.12.